The van der Waals surface area contributed by atoms with Crippen LogP contribution >= 0.6 is 11.3 Å². The van der Waals surface area contributed by atoms with Gasteiger partial charge in [-0.3, -0.25) is 4.79 Å². The van der Waals surface area contributed by atoms with Crippen LogP contribution < -0.4 is 4.80 Å². The van der Waals surface area contributed by atoms with Crippen molar-refractivity contribution in [2.45, 2.75) is 27.3 Å². The minimum Gasteiger partial charge on any atom is -0.380 e. The smallest absolute Gasteiger partial charge is 0.285 e. The lowest BCUT2D eigenvalue weighted by Gasteiger charge is -2.07. The van der Waals surface area contributed by atoms with E-state index in [0.717, 1.165) is 33.5 Å². The summed E-state index contributed by atoms with van der Waals surface area (Å²) in [7, 11) is 0. The van der Waals surface area contributed by atoms with Gasteiger partial charge in [0.2, 0.25) is 0 Å². The lowest BCUT2D eigenvalue weighted by Crippen LogP contribution is -2.20. The molecule has 0 bridgehead atoms. The van der Waals surface area contributed by atoms with Crippen LogP contribution in [0.15, 0.2) is 35.3 Å². The number of halogens is 2. The first-order valence-corrected chi connectivity index (χ1v) is 9.45. The van der Waals surface area contributed by atoms with Gasteiger partial charge in [-0.1, -0.05) is 23.5 Å². The van der Waals surface area contributed by atoms with E-state index in [1.165, 1.54) is 17.4 Å². The topological polar surface area (TPSA) is 43.6 Å². The van der Waals surface area contributed by atoms with E-state index in [2.05, 4.69) is 4.99 Å². The van der Waals surface area contributed by atoms with Gasteiger partial charge in [0.15, 0.2) is 4.80 Å². The van der Waals surface area contributed by atoms with E-state index in [4.69, 9.17) is 4.74 Å². The fourth-order valence-corrected chi connectivity index (χ4v) is 4.06. The van der Waals surface area contributed by atoms with E-state index in [1.807, 2.05) is 37.5 Å². The van der Waals surface area contributed by atoms with Crippen molar-refractivity contribution in [3.63, 3.8) is 0 Å². The average molecular weight is 390 g/mol. The van der Waals surface area contributed by atoms with Gasteiger partial charge >= 0.3 is 0 Å². The Kier molecular flexibility index (Phi) is 5.82. The van der Waals surface area contributed by atoms with Gasteiger partial charge in [0.25, 0.3) is 5.91 Å². The molecular formula is C20H20F2N2O2S. The van der Waals surface area contributed by atoms with Crippen LogP contribution in [0, 0.1) is 25.5 Å². The number of hydrogen-bond donors (Lipinski definition) is 0. The Balaban J connectivity index is 2.17. The lowest BCUT2D eigenvalue weighted by atomic mass is 10.1. The molecule has 0 N–H and O–H groups in total. The van der Waals surface area contributed by atoms with E-state index in [0.29, 0.717) is 24.6 Å². The molecule has 0 aliphatic heterocycles. The number of aromatic nitrogens is 1. The number of hydrogen-bond acceptors (Lipinski definition) is 3. The summed E-state index contributed by atoms with van der Waals surface area (Å²) in [6.07, 6.45) is 0. The zero-order valence-electron chi connectivity index (χ0n) is 15.4. The van der Waals surface area contributed by atoms with Crippen molar-refractivity contribution in [1.82, 2.24) is 4.57 Å². The molecule has 142 valence electrons. The van der Waals surface area contributed by atoms with Crippen molar-refractivity contribution in [1.29, 1.82) is 0 Å². The Morgan fingerprint density at radius 1 is 1.22 bits per heavy atom. The predicted molar refractivity (Wildman–Crippen MR) is 102 cm³/mol. The molecule has 0 saturated carbocycles. The number of carbonyl (C=O) groups excluding carboxylic acids is 1. The molecule has 3 aromatic rings. The summed E-state index contributed by atoms with van der Waals surface area (Å²) in [5.41, 5.74) is 2.43. The fourth-order valence-electron chi connectivity index (χ4n) is 2.96. The maximum absolute atomic E-state index is 13.9. The van der Waals surface area contributed by atoms with Crippen LogP contribution in [0.2, 0.25) is 0 Å². The van der Waals surface area contributed by atoms with E-state index < -0.39 is 23.1 Å². The van der Waals surface area contributed by atoms with E-state index >= 15 is 0 Å². The molecule has 2 aromatic carbocycles. The third kappa shape index (κ3) is 3.99. The highest BCUT2D eigenvalue weighted by Gasteiger charge is 2.17. The summed E-state index contributed by atoms with van der Waals surface area (Å²) in [6.45, 7) is 7.40. The highest BCUT2D eigenvalue weighted by atomic mass is 32.1. The van der Waals surface area contributed by atoms with Crippen LogP contribution in [0.1, 0.15) is 28.4 Å². The van der Waals surface area contributed by atoms with Crippen molar-refractivity contribution in [2.75, 3.05) is 13.2 Å². The quantitative estimate of drug-likeness (QED) is 0.607. The van der Waals surface area contributed by atoms with Gasteiger partial charge in [-0.15, -0.1) is 0 Å². The van der Waals surface area contributed by atoms with Crippen LogP contribution in [0.25, 0.3) is 10.2 Å². The third-order valence-corrected chi connectivity index (χ3v) is 5.38. The van der Waals surface area contributed by atoms with E-state index in [-0.39, 0.29) is 0 Å². The first-order valence-electron chi connectivity index (χ1n) is 8.63. The summed E-state index contributed by atoms with van der Waals surface area (Å²) in [6, 6.07) is 7.38. The third-order valence-electron chi connectivity index (χ3n) is 4.15. The summed E-state index contributed by atoms with van der Waals surface area (Å²) in [4.78, 5) is 16.9. The number of ether oxygens (including phenoxy) is 1. The van der Waals surface area contributed by atoms with E-state index in [9.17, 15) is 13.6 Å². The lowest BCUT2D eigenvalue weighted by molar-refractivity contribution is 0.0988. The van der Waals surface area contributed by atoms with Crippen LogP contribution in [0.5, 0.6) is 0 Å². The van der Waals surface area contributed by atoms with Gasteiger partial charge in [0, 0.05) is 13.2 Å². The minimum atomic E-state index is -0.934. The first kappa shape index (κ1) is 19.4. The zero-order chi connectivity index (χ0) is 19.6. The van der Waals surface area contributed by atoms with Gasteiger partial charge < -0.3 is 9.30 Å². The van der Waals surface area contributed by atoms with Crippen molar-refractivity contribution in [2.24, 2.45) is 4.99 Å². The molecule has 0 fully saturated rings. The Morgan fingerprint density at radius 3 is 2.59 bits per heavy atom. The average Bonchev–Trinajstić information content (AvgIpc) is 2.93. The molecule has 4 nitrogen and oxygen atoms in total. The normalized spacial score (nSPS) is 12.1. The number of fused-ring (bicyclic) bond motifs is 1. The Morgan fingerprint density at radius 2 is 1.93 bits per heavy atom. The highest BCUT2D eigenvalue weighted by Crippen LogP contribution is 2.23. The molecule has 0 atom stereocenters. The van der Waals surface area contributed by atoms with Gasteiger partial charge in [-0.25, -0.2) is 8.78 Å². The second-order valence-electron chi connectivity index (χ2n) is 6.18. The van der Waals surface area contributed by atoms with Gasteiger partial charge in [-0.2, -0.15) is 4.99 Å². The molecule has 0 aliphatic rings. The molecule has 1 aromatic heterocycles. The Hall–Kier alpha value is -2.38. The number of amides is 1. The molecule has 1 amide bonds. The van der Waals surface area contributed by atoms with Crippen molar-refractivity contribution in [3.8, 4) is 0 Å². The maximum atomic E-state index is 13.9. The second kappa shape index (κ2) is 8.10. The predicted octanol–water partition coefficient (Wildman–Crippen LogP) is 4.38. The zero-order valence-corrected chi connectivity index (χ0v) is 16.2. The maximum Gasteiger partial charge on any atom is 0.285 e. The molecule has 0 radical (unpaired) electrons. The number of nitrogens with zero attached hydrogens (tertiary/aromatic N) is 2. The first-order chi connectivity index (χ1) is 12.9. The molecule has 1 heterocycles. The fraction of sp³-hybridized carbons (Fsp3) is 0.300. The standard InChI is InChI=1S/C20H20F2N2O2S/c1-4-26-9-8-24-16-11-12(2)10-13(3)18(16)27-20(24)23-19(25)17-14(21)6-5-7-15(17)22/h5-7,10-11H,4,8-9H2,1-3H3. The molecule has 3 rings (SSSR count). The molecule has 0 spiro atoms. The molecule has 0 aliphatic carbocycles. The summed E-state index contributed by atoms with van der Waals surface area (Å²) in [5.74, 6) is -2.77. The minimum absolute atomic E-state index is 0.394. The van der Waals surface area contributed by atoms with E-state index in [1.54, 1.807) is 0 Å². The number of carbonyl (C=O) groups is 1. The van der Waals surface area contributed by atoms with Crippen molar-refractivity contribution < 1.29 is 18.3 Å². The van der Waals surface area contributed by atoms with Crippen LogP contribution in [0.4, 0.5) is 8.78 Å². The number of thiazole rings is 1. The Bertz CT molecular complexity index is 1050. The van der Waals surface area contributed by atoms with Gasteiger partial charge in [0.1, 0.15) is 17.2 Å². The second-order valence-corrected chi connectivity index (χ2v) is 7.15. The summed E-state index contributed by atoms with van der Waals surface area (Å²) in [5, 5.41) is 0. The summed E-state index contributed by atoms with van der Waals surface area (Å²) >= 11 is 1.33. The van der Waals surface area contributed by atoms with Crippen LogP contribution in [0.3, 0.4) is 0 Å². The van der Waals surface area contributed by atoms with Crippen molar-refractivity contribution in [3.05, 3.63) is 63.5 Å². The molecule has 0 unspecified atom stereocenters. The molecule has 27 heavy (non-hydrogen) atoms. The molecule has 0 saturated heterocycles. The van der Waals surface area contributed by atoms with Gasteiger partial charge in [-0.05, 0) is 50.1 Å². The monoisotopic (exact) mass is 390 g/mol. The largest absolute Gasteiger partial charge is 0.380 e. The molecule has 7 heteroatoms. The van der Waals surface area contributed by atoms with Crippen LogP contribution in [-0.2, 0) is 11.3 Å². The van der Waals surface area contributed by atoms with Crippen LogP contribution in [-0.4, -0.2) is 23.7 Å². The number of aryl methyl sites for hydroxylation is 2. The van der Waals surface area contributed by atoms with Gasteiger partial charge in [0.05, 0.1) is 16.8 Å². The van der Waals surface area contributed by atoms with Crippen molar-refractivity contribution >= 4 is 27.5 Å². The number of rotatable bonds is 5. The molecular weight excluding hydrogens is 370 g/mol. The number of benzene rings is 2. The SMILES string of the molecule is CCOCCn1c(=NC(=O)c2c(F)cccc2F)sc2c(C)cc(C)cc21. The Labute approximate surface area is 159 Å². The summed E-state index contributed by atoms with van der Waals surface area (Å²) < 4.78 is 36.1. The highest BCUT2D eigenvalue weighted by molar-refractivity contribution is 7.16.